The number of nitrogens with one attached hydrogen (secondary N) is 3. The lowest BCUT2D eigenvalue weighted by Gasteiger charge is -2.34. The molecule has 0 radical (unpaired) electrons. The number of hydrogen-bond acceptors (Lipinski definition) is 7. The van der Waals surface area contributed by atoms with Gasteiger partial charge in [0.2, 0.25) is 5.88 Å². The second-order valence-electron chi connectivity index (χ2n) is 10.4. The van der Waals surface area contributed by atoms with E-state index in [-0.39, 0.29) is 5.91 Å². The van der Waals surface area contributed by atoms with Gasteiger partial charge in [0.05, 0.1) is 34.8 Å². The molecular weight excluding hydrogens is 516 g/mol. The fourth-order valence-electron chi connectivity index (χ4n) is 5.36. The Morgan fingerprint density at radius 3 is 2.59 bits per heavy atom. The third-order valence-corrected chi connectivity index (χ3v) is 7.98. The highest BCUT2D eigenvalue weighted by Gasteiger charge is 2.28. The van der Waals surface area contributed by atoms with Crippen molar-refractivity contribution in [3.8, 4) is 5.88 Å². The molecule has 1 atom stereocenters. The summed E-state index contributed by atoms with van der Waals surface area (Å²) in [6.07, 6.45) is 8.27. The van der Waals surface area contributed by atoms with E-state index in [1.54, 1.807) is 22.6 Å². The SMILES string of the molecule is COc1cc2c(N3CCC(NC4CC4)CC3)ccc(C(=O)Nc3cc(CNS(C)=O)c4nn(C)cc4c3)n2n1. The van der Waals surface area contributed by atoms with E-state index in [2.05, 4.69) is 30.5 Å². The average Bonchev–Trinajstić information content (AvgIpc) is 3.48. The van der Waals surface area contributed by atoms with Gasteiger partial charge < -0.3 is 20.3 Å². The number of benzene rings is 1. The van der Waals surface area contributed by atoms with Gasteiger partial charge >= 0.3 is 0 Å². The number of ether oxygens (including phenoxy) is 1. The molecule has 1 aliphatic carbocycles. The minimum Gasteiger partial charge on any atom is -0.480 e. The summed E-state index contributed by atoms with van der Waals surface area (Å²) in [6, 6.07) is 10.8. The van der Waals surface area contributed by atoms with Gasteiger partial charge in [0.25, 0.3) is 5.91 Å². The molecule has 0 bridgehead atoms. The minimum atomic E-state index is -1.17. The van der Waals surface area contributed by atoms with Crippen molar-refractivity contribution in [3.05, 3.63) is 47.8 Å². The Morgan fingerprint density at radius 2 is 1.87 bits per heavy atom. The van der Waals surface area contributed by atoms with E-state index in [9.17, 15) is 9.00 Å². The van der Waals surface area contributed by atoms with Gasteiger partial charge in [0, 0.05) is 68.4 Å². The standard InChI is InChI=1S/C27H34N8O3S/c1-33-16-18-13-21(12-17(26(18)32-33)15-28-39(3)37)30-27(36)23-7-6-22(24-14-25(38-2)31-35(23)24)34-10-8-20(9-11-34)29-19-4-5-19/h6-7,12-14,16,19-20,28-29H,4-5,8-11,15H2,1-3H3,(H,30,36). The number of rotatable bonds is 9. The Balaban J connectivity index is 1.27. The Morgan fingerprint density at radius 1 is 1.10 bits per heavy atom. The lowest BCUT2D eigenvalue weighted by molar-refractivity contribution is 0.102. The van der Waals surface area contributed by atoms with Gasteiger partial charge in [-0.1, -0.05) is 0 Å². The molecule has 4 heterocycles. The third kappa shape index (κ3) is 5.49. The van der Waals surface area contributed by atoms with Gasteiger partial charge in [-0.15, -0.1) is 5.10 Å². The first-order chi connectivity index (χ1) is 18.9. The molecule has 4 aromatic rings. The molecule has 6 rings (SSSR count). The molecule has 2 fully saturated rings. The summed E-state index contributed by atoms with van der Waals surface area (Å²) in [6.45, 7) is 2.26. The smallest absolute Gasteiger partial charge is 0.274 e. The van der Waals surface area contributed by atoms with Crippen molar-refractivity contribution in [2.45, 2.75) is 44.3 Å². The lowest BCUT2D eigenvalue weighted by Crippen LogP contribution is -2.43. The highest BCUT2D eigenvalue weighted by Crippen LogP contribution is 2.31. The third-order valence-electron chi connectivity index (χ3n) is 7.43. The molecule has 1 unspecified atom stereocenters. The van der Waals surface area contributed by atoms with Crippen molar-refractivity contribution in [2.75, 3.05) is 36.7 Å². The van der Waals surface area contributed by atoms with Crippen molar-refractivity contribution in [3.63, 3.8) is 0 Å². The molecule has 1 aliphatic heterocycles. The second kappa shape index (κ2) is 10.6. The van der Waals surface area contributed by atoms with Crippen LogP contribution in [0.1, 0.15) is 41.7 Å². The number of methoxy groups -OCH3 is 1. The van der Waals surface area contributed by atoms with Crippen LogP contribution in [0.25, 0.3) is 16.4 Å². The predicted octanol–water partition coefficient (Wildman–Crippen LogP) is 2.59. The van der Waals surface area contributed by atoms with Crippen LogP contribution < -0.4 is 25.0 Å². The summed E-state index contributed by atoms with van der Waals surface area (Å²) in [5.74, 6) is 0.172. The van der Waals surface area contributed by atoms with E-state index in [1.165, 1.54) is 12.8 Å². The normalized spacial score (nSPS) is 17.2. The Kier molecular flexibility index (Phi) is 7.00. The van der Waals surface area contributed by atoms with Crippen LogP contribution in [-0.2, 0) is 24.6 Å². The second-order valence-corrected chi connectivity index (χ2v) is 11.6. The first kappa shape index (κ1) is 25.8. The van der Waals surface area contributed by atoms with Gasteiger partial charge in [-0.05, 0) is 55.5 Å². The number of nitrogens with zero attached hydrogens (tertiary/aromatic N) is 5. The van der Waals surface area contributed by atoms with Crippen LogP contribution in [0, 0.1) is 0 Å². The summed E-state index contributed by atoms with van der Waals surface area (Å²) in [7, 11) is 2.26. The zero-order valence-corrected chi connectivity index (χ0v) is 23.3. The maximum Gasteiger partial charge on any atom is 0.274 e. The molecule has 3 N–H and O–H groups in total. The van der Waals surface area contributed by atoms with Crippen LogP contribution in [-0.4, -0.2) is 68.0 Å². The summed E-state index contributed by atoms with van der Waals surface area (Å²) >= 11 is 0. The van der Waals surface area contributed by atoms with Crippen molar-refractivity contribution < 1.29 is 13.7 Å². The maximum atomic E-state index is 13.6. The zero-order chi connectivity index (χ0) is 27.1. The fourth-order valence-corrected chi connectivity index (χ4v) is 5.72. The first-order valence-corrected chi connectivity index (χ1v) is 14.9. The molecule has 1 amide bonds. The molecule has 1 aromatic carbocycles. The van der Waals surface area contributed by atoms with E-state index < -0.39 is 11.0 Å². The molecule has 12 heteroatoms. The number of fused-ring (bicyclic) bond motifs is 2. The molecule has 2 aliphatic rings. The van der Waals surface area contributed by atoms with E-state index in [4.69, 9.17) is 4.74 Å². The monoisotopic (exact) mass is 550 g/mol. The van der Waals surface area contributed by atoms with Crippen LogP contribution in [0.3, 0.4) is 0 Å². The van der Waals surface area contributed by atoms with Crippen molar-refractivity contribution >= 4 is 44.7 Å². The van der Waals surface area contributed by atoms with E-state index in [0.29, 0.717) is 35.9 Å². The van der Waals surface area contributed by atoms with Crippen LogP contribution in [0.15, 0.2) is 36.5 Å². The van der Waals surface area contributed by atoms with Crippen LogP contribution in [0.4, 0.5) is 11.4 Å². The van der Waals surface area contributed by atoms with E-state index in [1.807, 2.05) is 43.6 Å². The number of pyridine rings is 1. The quantitative estimate of drug-likeness (QED) is 0.293. The molecule has 206 valence electrons. The Bertz CT molecular complexity index is 1550. The Hall–Kier alpha value is -3.48. The molecule has 39 heavy (non-hydrogen) atoms. The fraction of sp³-hybridized carbons (Fsp3) is 0.444. The number of piperidine rings is 1. The summed E-state index contributed by atoms with van der Waals surface area (Å²) in [4.78, 5) is 15.9. The molecular formula is C27H34N8O3S. The highest BCUT2D eigenvalue weighted by molar-refractivity contribution is 7.82. The highest BCUT2D eigenvalue weighted by atomic mass is 32.2. The summed E-state index contributed by atoms with van der Waals surface area (Å²) < 4.78 is 23.4. The minimum absolute atomic E-state index is 0.286. The van der Waals surface area contributed by atoms with Crippen molar-refractivity contribution in [1.82, 2.24) is 29.4 Å². The van der Waals surface area contributed by atoms with Crippen molar-refractivity contribution in [1.29, 1.82) is 0 Å². The topological polar surface area (TPSA) is 118 Å². The number of aromatic nitrogens is 4. The summed E-state index contributed by atoms with van der Waals surface area (Å²) in [5, 5.41) is 16.8. The van der Waals surface area contributed by atoms with Gasteiger partial charge in [-0.2, -0.15) is 5.10 Å². The zero-order valence-electron chi connectivity index (χ0n) is 22.4. The van der Waals surface area contributed by atoms with Crippen LogP contribution >= 0.6 is 0 Å². The predicted molar refractivity (Wildman–Crippen MR) is 153 cm³/mol. The first-order valence-electron chi connectivity index (χ1n) is 13.3. The molecule has 3 aromatic heterocycles. The molecule has 1 saturated heterocycles. The van der Waals surface area contributed by atoms with Crippen molar-refractivity contribution in [2.24, 2.45) is 7.05 Å². The maximum absolute atomic E-state index is 13.6. The Labute approximate surface area is 229 Å². The average molecular weight is 551 g/mol. The van der Waals surface area contributed by atoms with Gasteiger partial charge in [0.1, 0.15) is 5.69 Å². The van der Waals surface area contributed by atoms with Gasteiger partial charge in [0.15, 0.2) is 0 Å². The molecule has 1 saturated carbocycles. The van der Waals surface area contributed by atoms with Crippen LogP contribution in [0.2, 0.25) is 0 Å². The molecule has 11 nitrogen and oxygen atoms in total. The largest absolute Gasteiger partial charge is 0.480 e. The van der Waals surface area contributed by atoms with Gasteiger partial charge in [-0.3, -0.25) is 9.48 Å². The molecule has 0 spiro atoms. The number of aryl methyl sites for hydroxylation is 1. The lowest BCUT2D eigenvalue weighted by atomic mass is 10.0. The summed E-state index contributed by atoms with van der Waals surface area (Å²) in [5.41, 5.74) is 4.56. The van der Waals surface area contributed by atoms with Gasteiger partial charge in [-0.25, -0.2) is 13.4 Å². The number of carbonyl (C=O) groups excluding carboxylic acids is 1. The van der Waals surface area contributed by atoms with Crippen LogP contribution in [0.5, 0.6) is 5.88 Å². The number of anilines is 2. The van der Waals surface area contributed by atoms with E-state index >= 15 is 0 Å². The number of carbonyl (C=O) groups is 1. The number of amides is 1. The number of hydrogen-bond donors (Lipinski definition) is 3. The van der Waals surface area contributed by atoms with E-state index in [0.717, 1.165) is 53.6 Å².